The smallest absolute Gasteiger partial charge is 0.251 e. The molecule has 8 heteroatoms. The van der Waals surface area contributed by atoms with E-state index in [-0.39, 0.29) is 17.8 Å². The molecule has 0 spiro atoms. The van der Waals surface area contributed by atoms with Crippen LogP contribution in [0.4, 0.5) is 14.5 Å². The van der Waals surface area contributed by atoms with Gasteiger partial charge in [-0.2, -0.15) is 4.98 Å². The Morgan fingerprint density at radius 3 is 2.60 bits per heavy atom. The molecular weight excluding hydrogens is 270 g/mol. The minimum Gasteiger partial charge on any atom is -0.383 e. The Morgan fingerprint density at radius 1 is 1.35 bits per heavy atom. The van der Waals surface area contributed by atoms with Gasteiger partial charge in [-0.15, -0.1) is 0 Å². The summed E-state index contributed by atoms with van der Waals surface area (Å²) in [6, 6.07) is 1.94. The third-order valence-corrected chi connectivity index (χ3v) is 2.60. The fourth-order valence-electron chi connectivity index (χ4n) is 1.64. The zero-order valence-electron chi connectivity index (χ0n) is 10.6. The molecule has 0 saturated heterocycles. The van der Waals surface area contributed by atoms with Gasteiger partial charge in [-0.3, -0.25) is 4.79 Å². The molecule has 0 atom stereocenters. The lowest BCUT2D eigenvalue weighted by molar-refractivity contribution is 0.0953. The van der Waals surface area contributed by atoms with Gasteiger partial charge in [0.25, 0.3) is 5.91 Å². The molecule has 1 heterocycles. The summed E-state index contributed by atoms with van der Waals surface area (Å²) in [6.45, 7) is 0.232. The lowest BCUT2D eigenvalue weighted by Crippen LogP contribution is -2.26. The average Bonchev–Trinajstić information content (AvgIpc) is 2.91. The van der Waals surface area contributed by atoms with Crippen LogP contribution in [-0.4, -0.2) is 29.6 Å². The number of anilines is 1. The summed E-state index contributed by atoms with van der Waals surface area (Å²) in [5, 5.41) is 8.47. The topological polar surface area (TPSA) is 80.0 Å². The third-order valence-electron chi connectivity index (χ3n) is 2.60. The number of aromatic nitrogens is 2. The summed E-state index contributed by atoms with van der Waals surface area (Å²) in [5.74, 6) is -1.78. The van der Waals surface area contributed by atoms with Gasteiger partial charge >= 0.3 is 0 Å². The summed E-state index contributed by atoms with van der Waals surface area (Å²) in [4.78, 5) is 15.5. The minimum atomic E-state index is -0.823. The van der Waals surface area contributed by atoms with Crippen molar-refractivity contribution in [2.45, 2.75) is 6.42 Å². The monoisotopic (exact) mass is 282 g/mol. The molecule has 0 aliphatic heterocycles. The van der Waals surface area contributed by atoms with Gasteiger partial charge in [0, 0.05) is 25.6 Å². The van der Waals surface area contributed by atoms with Gasteiger partial charge in [-0.25, -0.2) is 8.78 Å². The first kappa shape index (κ1) is 13.9. The fourth-order valence-corrected chi connectivity index (χ4v) is 1.64. The number of carbonyl (C=O) groups excluding carboxylic acids is 1. The van der Waals surface area contributed by atoms with E-state index in [1.807, 2.05) is 0 Å². The summed E-state index contributed by atoms with van der Waals surface area (Å²) >= 11 is 0. The molecule has 0 aliphatic carbocycles. The largest absolute Gasteiger partial charge is 0.383 e. The van der Waals surface area contributed by atoms with E-state index in [0.29, 0.717) is 12.2 Å². The van der Waals surface area contributed by atoms with E-state index in [0.717, 1.165) is 12.1 Å². The molecule has 0 aliphatic rings. The Hall–Kier alpha value is -2.51. The maximum Gasteiger partial charge on any atom is 0.251 e. The SMILES string of the molecule is CNc1c(F)cc(C(=O)NCCc2ncon2)cc1F. The lowest BCUT2D eigenvalue weighted by Gasteiger charge is -2.08. The highest BCUT2D eigenvalue weighted by molar-refractivity contribution is 5.94. The maximum atomic E-state index is 13.5. The van der Waals surface area contributed by atoms with E-state index in [4.69, 9.17) is 0 Å². The number of carbonyl (C=O) groups is 1. The maximum absolute atomic E-state index is 13.5. The van der Waals surface area contributed by atoms with Crippen LogP contribution in [0.25, 0.3) is 0 Å². The standard InChI is InChI=1S/C12H12F2N4O2/c1-15-11-8(13)4-7(5-9(11)14)12(19)16-3-2-10-17-6-20-18-10/h4-6,15H,2-3H2,1H3,(H,16,19). The highest BCUT2D eigenvalue weighted by Crippen LogP contribution is 2.20. The summed E-state index contributed by atoms with van der Waals surface area (Å²) in [5.41, 5.74) is -0.361. The quantitative estimate of drug-likeness (QED) is 0.865. The average molecular weight is 282 g/mol. The van der Waals surface area contributed by atoms with E-state index in [1.54, 1.807) is 0 Å². The Labute approximate surface area is 113 Å². The second-order valence-electron chi connectivity index (χ2n) is 3.92. The third kappa shape index (κ3) is 3.08. The first-order valence-corrected chi connectivity index (χ1v) is 5.82. The zero-order chi connectivity index (χ0) is 14.5. The molecule has 106 valence electrons. The molecule has 1 amide bonds. The van der Waals surface area contributed by atoms with Crippen LogP contribution in [0.5, 0.6) is 0 Å². The second kappa shape index (κ2) is 6.09. The van der Waals surface area contributed by atoms with Crippen LogP contribution in [0.2, 0.25) is 0 Å². The van der Waals surface area contributed by atoms with E-state index < -0.39 is 17.5 Å². The van der Waals surface area contributed by atoms with Crippen LogP contribution in [-0.2, 0) is 6.42 Å². The van der Waals surface area contributed by atoms with Crippen LogP contribution in [0.3, 0.4) is 0 Å². The van der Waals surface area contributed by atoms with Crippen LogP contribution >= 0.6 is 0 Å². The van der Waals surface area contributed by atoms with Crippen molar-refractivity contribution >= 4 is 11.6 Å². The predicted octanol–water partition coefficient (Wildman–Crippen LogP) is 1.36. The van der Waals surface area contributed by atoms with Gasteiger partial charge in [-0.05, 0) is 12.1 Å². The molecule has 0 unspecified atom stereocenters. The van der Waals surface area contributed by atoms with Crippen LogP contribution < -0.4 is 10.6 Å². The lowest BCUT2D eigenvalue weighted by atomic mass is 10.1. The molecule has 2 aromatic rings. The fraction of sp³-hybridized carbons (Fsp3) is 0.250. The molecule has 0 saturated carbocycles. The molecule has 2 N–H and O–H groups in total. The van der Waals surface area contributed by atoms with Crippen molar-refractivity contribution in [2.75, 3.05) is 18.9 Å². The van der Waals surface area contributed by atoms with E-state index in [2.05, 4.69) is 25.3 Å². The molecule has 0 radical (unpaired) electrons. The molecular formula is C12H12F2N4O2. The molecule has 1 aromatic carbocycles. The van der Waals surface area contributed by atoms with Gasteiger partial charge < -0.3 is 15.2 Å². The van der Waals surface area contributed by atoms with Gasteiger partial charge in [0.2, 0.25) is 6.39 Å². The van der Waals surface area contributed by atoms with Gasteiger partial charge in [0.1, 0.15) is 17.3 Å². The number of benzene rings is 1. The number of hydrogen-bond acceptors (Lipinski definition) is 5. The Bertz CT molecular complexity index is 579. The number of rotatable bonds is 5. The first-order chi connectivity index (χ1) is 9.61. The Kier molecular flexibility index (Phi) is 4.24. The first-order valence-electron chi connectivity index (χ1n) is 5.82. The second-order valence-corrected chi connectivity index (χ2v) is 3.92. The van der Waals surface area contributed by atoms with Gasteiger partial charge in [0.15, 0.2) is 5.82 Å². The zero-order valence-corrected chi connectivity index (χ0v) is 10.6. The molecule has 0 bridgehead atoms. The van der Waals surface area contributed by atoms with Crippen LogP contribution in [0, 0.1) is 11.6 Å². The highest BCUT2D eigenvalue weighted by atomic mass is 19.1. The van der Waals surface area contributed by atoms with Crippen molar-refractivity contribution in [2.24, 2.45) is 0 Å². The van der Waals surface area contributed by atoms with E-state index in [9.17, 15) is 13.6 Å². The summed E-state index contributed by atoms with van der Waals surface area (Å²) in [7, 11) is 1.39. The number of halogens is 2. The van der Waals surface area contributed by atoms with Gasteiger partial charge in [-0.1, -0.05) is 5.16 Å². The summed E-state index contributed by atoms with van der Waals surface area (Å²) in [6.07, 6.45) is 1.54. The van der Waals surface area contributed by atoms with Gasteiger partial charge in [0.05, 0.1) is 0 Å². The van der Waals surface area contributed by atoms with Crippen molar-refractivity contribution in [1.82, 2.24) is 15.5 Å². The Balaban J connectivity index is 1.99. The van der Waals surface area contributed by atoms with E-state index in [1.165, 1.54) is 13.4 Å². The molecule has 6 nitrogen and oxygen atoms in total. The molecule has 20 heavy (non-hydrogen) atoms. The van der Waals surface area contributed by atoms with Crippen molar-refractivity contribution in [1.29, 1.82) is 0 Å². The van der Waals surface area contributed by atoms with Crippen LogP contribution in [0.15, 0.2) is 23.0 Å². The molecule has 1 aromatic heterocycles. The number of amides is 1. The number of hydrogen-bond donors (Lipinski definition) is 2. The Morgan fingerprint density at radius 2 is 2.05 bits per heavy atom. The number of nitrogens with zero attached hydrogens (tertiary/aromatic N) is 2. The highest BCUT2D eigenvalue weighted by Gasteiger charge is 2.14. The van der Waals surface area contributed by atoms with Crippen molar-refractivity contribution in [3.8, 4) is 0 Å². The predicted molar refractivity (Wildman–Crippen MR) is 66.2 cm³/mol. The van der Waals surface area contributed by atoms with Crippen LogP contribution in [0.1, 0.15) is 16.2 Å². The number of nitrogens with one attached hydrogen (secondary N) is 2. The summed E-state index contributed by atoms with van der Waals surface area (Å²) < 4.78 is 31.5. The van der Waals surface area contributed by atoms with Crippen molar-refractivity contribution < 1.29 is 18.1 Å². The molecule has 0 fully saturated rings. The van der Waals surface area contributed by atoms with E-state index >= 15 is 0 Å². The molecule has 2 rings (SSSR count). The van der Waals surface area contributed by atoms with Crippen molar-refractivity contribution in [3.05, 3.63) is 41.5 Å². The normalized spacial score (nSPS) is 10.3. The van der Waals surface area contributed by atoms with Crippen molar-refractivity contribution in [3.63, 3.8) is 0 Å². The minimum absolute atomic E-state index is 0.0906.